The number of amides is 3. The fraction of sp³-hybridized carbons (Fsp3) is 0.133. The summed E-state index contributed by atoms with van der Waals surface area (Å²) in [6, 6.07) is 18.9. The Morgan fingerprint density at radius 1 is 0.930 bits per heavy atom. The molecule has 3 aromatic heterocycles. The molecule has 0 spiro atoms. The summed E-state index contributed by atoms with van der Waals surface area (Å²) in [5, 5.41) is 13.4. The molecule has 0 unspecified atom stereocenters. The lowest BCUT2D eigenvalue weighted by Gasteiger charge is -2.12. The van der Waals surface area contributed by atoms with Gasteiger partial charge in [0.15, 0.2) is 16.7 Å². The Balaban J connectivity index is 1.28. The summed E-state index contributed by atoms with van der Waals surface area (Å²) >= 11 is 1.16. The van der Waals surface area contributed by atoms with Crippen LogP contribution < -0.4 is 20.7 Å². The van der Waals surface area contributed by atoms with Crippen molar-refractivity contribution < 1.29 is 23.5 Å². The van der Waals surface area contributed by atoms with Crippen LogP contribution >= 0.6 is 11.8 Å². The summed E-state index contributed by atoms with van der Waals surface area (Å²) in [5.41, 5.74) is 3.15. The number of pyridine rings is 1. The largest absolute Gasteiger partial charge is 0.497 e. The van der Waals surface area contributed by atoms with Crippen molar-refractivity contribution in [3.63, 3.8) is 0 Å². The van der Waals surface area contributed by atoms with Crippen molar-refractivity contribution in [3.8, 4) is 17.1 Å². The maximum absolute atomic E-state index is 13.2. The minimum atomic E-state index is -0.407. The van der Waals surface area contributed by atoms with Crippen molar-refractivity contribution in [1.82, 2.24) is 19.7 Å². The average molecular weight is 598 g/mol. The van der Waals surface area contributed by atoms with E-state index in [1.165, 1.54) is 10.9 Å². The van der Waals surface area contributed by atoms with E-state index in [0.29, 0.717) is 33.8 Å². The Labute approximate surface area is 250 Å². The zero-order valence-electron chi connectivity index (χ0n) is 23.2. The number of nitrogens with one attached hydrogen (secondary N) is 3. The molecule has 3 N–H and O–H groups in total. The molecule has 13 heteroatoms. The molecule has 218 valence electrons. The molecular weight excluding hydrogens is 570 g/mol. The van der Waals surface area contributed by atoms with Crippen LogP contribution in [-0.2, 0) is 16.1 Å². The summed E-state index contributed by atoms with van der Waals surface area (Å²) in [6.45, 7) is 1.68. The summed E-state index contributed by atoms with van der Waals surface area (Å²) in [6.07, 6.45) is 4.66. The fourth-order valence-corrected chi connectivity index (χ4v) is 4.66. The van der Waals surface area contributed by atoms with Crippen LogP contribution in [0.2, 0.25) is 0 Å². The van der Waals surface area contributed by atoms with Gasteiger partial charge in [-0.2, -0.15) is 0 Å². The molecule has 12 nitrogen and oxygen atoms in total. The van der Waals surface area contributed by atoms with Crippen LogP contribution in [0.3, 0.4) is 0 Å². The lowest BCUT2D eigenvalue weighted by molar-refractivity contribution is -0.117. The smallest absolute Gasteiger partial charge is 0.291 e. The molecule has 2 aromatic carbocycles. The molecule has 43 heavy (non-hydrogen) atoms. The number of ether oxygens (including phenoxy) is 1. The molecule has 0 saturated carbocycles. The van der Waals surface area contributed by atoms with Gasteiger partial charge < -0.3 is 25.1 Å². The van der Waals surface area contributed by atoms with E-state index in [2.05, 4.69) is 31.0 Å². The summed E-state index contributed by atoms with van der Waals surface area (Å²) in [7, 11) is 1.57. The van der Waals surface area contributed by atoms with Crippen LogP contribution in [0.5, 0.6) is 5.75 Å². The lowest BCUT2D eigenvalue weighted by atomic mass is 10.1. The number of furan rings is 1. The molecule has 0 aliphatic heterocycles. The van der Waals surface area contributed by atoms with E-state index in [-0.39, 0.29) is 29.9 Å². The molecule has 0 saturated heterocycles. The second-order valence-electron chi connectivity index (χ2n) is 9.19. The van der Waals surface area contributed by atoms with Gasteiger partial charge in [-0.05, 0) is 73.2 Å². The number of methoxy groups -OCH3 is 1. The van der Waals surface area contributed by atoms with Crippen LogP contribution in [0.15, 0.2) is 95.0 Å². The Morgan fingerprint density at radius 3 is 2.42 bits per heavy atom. The van der Waals surface area contributed by atoms with E-state index >= 15 is 0 Å². The number of rotatable bonds is 11. The minimum absolute atomic E-state index is 0.0403. The minimum Gasteiger partial charge on any atom is -0.497 e. The van der Waals surface area contributed by atoms with Gasteiger partial charge in [-0.3, -0.25) is 19.4 Å². The first kappa shape index (κ1) is 29.1. The molecule has 0 aliphatic rings. The van der Waals surface area contributed by atoms with Gasteiger partial charge in [0.25, 0.3) is 5.91 Å². The van der Waals surface area contributed by atoms with Gasteiger partial charge in [0, 0.05) is 35.0 Å². The second-order valence-corrected chi connectivity index (χ2v) is 10.1. The van der Waals surface area contributed by atoms with Crippen LogP contribution in [0.1, 0.15) is 16.1 Å². The Morgan fingerprint density at radius 2 is 1.70 bits per heavy atom. The topological polar surface area (TPSA) is 153 Å². The fourth-order valence-electron chi connectivity index (χ4n) is 3.92. The first-order valence-electron chi connectivity index (χ1n) is 13.1. The van der Waals surface area contributed by atoms with Crippen molar-refractivity contribution in [1.29, 1.82) is 0 Å². The summed E-state index contributed by atoms with van der Waals surface area (Å²) < 4.78 is 11.7. The van der Waals surface area contributed by atoms with E-state index in [0.717, 1.165) is 22.9 Å². The number of anilines is 3. The third kappa shape index (κ3) is 7.65. The van der Waals surface area contributed by atoms with Crippen LogP contribution in [-0.4, -0.2) is 50.3 Å². The highest BCUT2D eigenvalue weighted by molar-refractivity contribution is 7.99. The number of hydrogen-bond donors (Lipinski definition) is 3. The SMILES string of the molecule is COc1ccc(NC(=O)CSc2nc(-c3ccncc3)nn2CC(=O)Nc2cc(NC(=O)c3ccco3)ccc2C)cc1. The van der Waals surface area contributed by atoms with Crippen LogP contribution in [0.4, 0.5) is 17.1 Å². The normalized spacial score (nSPS) is 10.7. The average Bonchev–Trinajstić information content (AvgIpc) is 3.70. The van der Waals surface area contributed by atoms with E-state index in [1.807, 2.05) is 6.92 Å². The molecule has 0 bridgehead atoms. The van der Waals surface area contributed by atoms with E-state index in [9.17, 15) is 14.4 Å². The zero-order valence-corrected chi connectivity index (χ0v) is 24.1. The van der Waals surface area contributed by atoms with Gasteiger partial charge >= 0.3 is 0 Å². The number of aromatic nitrogens is 4. The van der Waals surface area contributed by atoms with Gasteiger partial charge in [-0.1, -0.05) is 17.8 Å². The Kier molecular flexibility index (Phi) is 9.12. The maximum atomic E-state index is 13.2. The number of hydrogen-bond acceptors (Lipinski definition) is 9. The van der Waals surface area contributed by atoms with Crippen LogP contribution in [0.25, 0.3) is 11.4 Å². The van der Waals surface area contributed by atoms with Gasteiger partial charge in [0.05, 0.1) is 19.1 Å². The first-order chi connectivity index (χ1) is 20.9. The molecule has 0 aliphatic carbocycles. The predicted molar refractivity (Wildman–Crippen MR) is 162 cm³/mol. The van der Waals surface area contributed by atoms with E-state index < -0.39 is 5.91 Å². The highest BCUT2D eigenvalue weighted by Gasteiger charge is 2.18. The molecule has 0 fully saturated rings. The zero-order chi connectivity index (χ0) is 30.2. The Hall–Kier alpha value is -5.43. The number of nitrogens with zero attached hydrogens (tertiary/aromatic N) is 4. The third-order valence-corrected chi connectivity index (χ3v) is 7.06. The summed E-state index contributed by atoms with van der Waals surface area (Å²) in [4.78, 5) is 46.8. The van der Waals surface area contributed by atoms with Crippen molar-refractivity contribution in [2.75, 3.05) is 28.8 Å². The standard InChI is InChI=1S/C30H27N7O5S/c1-19-5-6-22(33-29(40)25-4-3-15-42-25)16-24(19)34-26(38)17-37-30(35-28(36-37)20-11-13-31-14-12-20)43-18-27(39)32-21-7-9-23(41-2)10-8-21/h3-16H,17-18H2,1-2H3,(H,32,39)(H,33,40)(H,34,38). The predicted octanol–water partition coefficient (Wildman–Crippen LogP) is 4.87. The maximum Gasteiger partial charge on any atom is 0.291 e. The van der Waals surface area contributed by atoms with Crippen molar-refractivity contribution in [2.45, 2.75) is 18.6 Å². The molecule has 0 radical (unpaired) electrons. The van der Waals surface area contributed by atoms with Crippen molar-refractivity contribution in [3.05, 3.63) is 96.7 Å². The quantitative estimate of drug-likeness (QED) is 0.181. The molecule has 5 rings (SSSR count). The molecular formula is C30H27N7O5S. The number of carbonyl (C=O) groups excluding carboxylic acids is 3. The first-order valence-corrected chi connectivity index (χ1v) is 14.0. The van der Waals surface area contributed by atoms with Crippen LogP contribution in [0, 0.1) is 6.92 Å². The second kappa shape index (κ2) is 13.5. The monoisotopic (exact) mass is 597 g/mol. The number of benzene rings is 2. The van der Waals surface area contributed by atoms with Gasteiger partial charge in [-0.25, -0.2) is 9.67 Å². The number of carbonyl (C=O) groups is 3. The third-order valence-electron chi connectivity index (χ3n) is 6.09. The van der Waals surface area contributed by atoms with Crippen molar-refractivity contribution >= 4 is 46.5 Å². The lowest BCUT2D eigenvalue weighted by Crippen LogP contribution is -2.21. The molecule has 5 aromatic rings. The van der Waals surface area contributed by atoms with E-state index in [1.54, 1.807) is 86.2 Å². The van der Waals surface area contributed by atoms with Gasteiger partial charge in [0.2, 0.25) is 11.8 Å². The molecule has 3 heterocycles. The number of thioether (sulfide) groups is 1. The Bertz CT molecular complexity index is 1720. The molecule has 3 amide bonds. The molecule has 0 atom stereocenters. The van der Waals surface area contributed by atoms with Gasteiger partial charge in [0.1, 0.15) is 12.3 Å². The number of aryl methyl sites for hydroxylation is 1. The van der Waals surface area contributed by atoms with E-state index in [4.69, 9.17) is 9.15 Å². The summed E-state index contributed by atoms with van der Waals surface area (Å²) in [5.74, 6) is 0.269. The highest BCUT2D eigenvalue weighted by Crippen LogP contribution is 2.24. The van der Waals surface area contributed by atoms with Crippen molar-refractivity contribution in [2.24, 2.45) is 0 Å². The van der Waals surface area contributed by atoms with Gasteiger partial charge in [-0.15, -0.1) is 5.10 Å². The highest BCUT2D eigenvalue weighted by atomic mass is 32.2.